The average Bonchev–Trinajstić information content (AvgIpc) is 3.10. The highest BCUT2D eigenvalue weighted by Crippen LogP contribution is 2.30. The lowest BCUT2D eigenvalue weighted by molar-refractivity contribution is -0.203. The summed E-state index contributed by atoms with van der Waals surface area (Å²) in [6, 6.07) is 17.0. The molecule has 2 atom stereocenters. The third-order valence-corrected chi connectivity index (χ3v) is 13.1. The molecule has 2 saturated heterocycles. The molecule has 2 aromatic rings. The van der Waals surface area contributed by atoms with Crippen LogP contribution in [0.2, 0.25) is 0 Å². The highest BCUT2D eigenvalue weighted by molar-refractivity contribution is 7.92. The third kappa shape index (κ3) is 11.7. The highest BCUT2D eigenvalue weighted by atomic mass is 32.2. The Balaban J connectivity index is 1.52. The molecule has 2 aliphatic heterocycles. The molecule has 52 heavy (non-hydrogen) atoms. The van der Waals surface area contributed by atoms with Crippen LogP contribution in [0, 0.1) is 10.8 Å². The Labute approximate surface area is 312 Å². The minimum absolute atomic E-state index is 0.103. The van der Waals surface area contributed by atoms with Crippen LogP contribution < -0.4 is 0 Å². The summed E-state index contributed by atoms with van der Waals surface area (Å²) in [5.74, 6) is 0. The Morgan fingerprint density at radius 3 is 1.21 bits per heavy atom. The molecule has 2 heterocycles. The summed E-state index contributed by atoms with van der Waals surface area (Å²) in [6.45, 7) is 17.8. The van der Waals surface area contributed by atoms with Crippen LogP contribution in [0.4, 0.5) is 0 Å². The fourth-order valence-corrected chi connectivity index (χ4v) is 9.48. The van der Waals surface area contributed by atoms with E-state index in [1.54, 1.807) is 72.8 Å². The zero-order valence-electron chi connectivity index (χ0n) is 31.9. The molecular weight excluding hydrogens is 697 g/mol. The van der Waals surface area contributed by atoms with E-state index in [-0.39, 0.29) is 33.5 Å². The molecule has 0 aromatic heterocycles. The Kier molecular flexibility index (Phi) is 14.3. The number of sulfone groups is 2. The average molecular weight is 753 g/mol. The van der Waals surface area contributed by atoms with Crippen LogP contribution in [0.1, 0.15) is 68.2 Å². The largest absolute Gasteiger partial charge is 0.348 e. The van der Waals surface area contributed by atoms with Crippen LogP contribution in [0.5, 0.6) is 0 Å². The van der Waals surface area contributed by atoms with Crippen molar-refractivity contribution in [2.45, 2.75) is 101 Å². The van der Waals surface area contributed by atoms with Crippen molar-refractivity contribution in [1.29, 1.82) is 0 Å². The zero-order chi connectivity index (χ0) is 38.2. The van der Waals surface area contributed by atoms with Gasteiger partial charge in [-0.05, 0) is 75.9 Å². The summed E-state index contributed by atoms with van der Waals surface area (Å²) >= 11 is 0. The van der Waals surface area contributed by atoms with Crippen LogP contribution in [0.15, 0.2) is 129 Å². The minimum Gasteiger partial charge on any atom is -0.348 e. The van der Waals surface area contributed by atoms with Crippen molar-refractivity contribution in [2.75, 3.05) is 26.4 Å². The van der Waals surface area contributed by atoms with Gasteiger partial charge in [-0.2, -0.15) is 0 Å². The molecule has 10 heteroatoms. The molecule has 4 rings (SSSR count). The molecule has 8 nitrogen and oxygen atoms in total. The van der Waals surface area contributed by atoms with E-state index in [2.05, 4.69) is 27.7 Å². The Morgan fingerprint density at radius 1 is 0.596 bits per heavy atom. The van der Waals surface area contributed by atoms with Crippen molar-refractivity contribution in [1.82, 2.24) is 0 Å². The fraction of sp³-hybridized carbons (Fsp3) is 0.476. The van der Waals surface area contributed by atoms with Crippen LogP contribution in [-0.2, 0) is 38.6 Å². The van der Waals surface area contributed by atoms with E-state index in [1.165, 1.54) is 0 Å². The number of benzene rings is 2. The van der Waals surface area contributed by atoms with Crippen LogP contribution >= 0.6 is 0 Å². The summed E-state index contributed by atoms with van der Waals surface area (Å²) < 4.78 is 79.2. The first-order valence-corrected chi connectivity index (χ1v) is 20.9. The van der Waals surface area contributed by atoms with Crippen molar-refractivity contribution < 1.29 is 35.8 Å². The first-order valence-electron chi connectivity index (χ1n) is 17.8. The van der Waals surface area contributed by atoms with Crippen molar-refractivity contribution >= 4 is 19.7 Å². The molecule has 284 valence electrons. The lowest BCUT2D eigenvalue weighted by Crippen LogP contribution is -2.38. The second kappa shape index (κ2) is 17.8. The lowest BCUT2D eigenvalue weighted by atomic mass is 9.95. The summed E-state index contributed by atoms with van der Waals surface area (Å²) in [5, 5.41) is -1.66. The van der Waals surface area contributed by atoms with Gasteiger partial charge in [0.25, 0.3) is 0 Å². The van der Waals surface area contributed by atoms with Crippen LogP contribution in [-0.4, -0.2) is 66.3 Å². The molecule has 0 amide bonds. The van der Waals surface area contributed by atoms with E-state index < -0.39 is 42.8 Å². The second-order valence-corrected chi connectivity index (χ2v) is 20.0. The molecule has 0 bridgehead atoms. The standard InChI is InChI=1S/C42H56O8S2/c1-31(23-37(51(43,44)35-19-11-9-12-20-35)25-33(3)39-47-27-41(5,6)28-48-39)17-15-16-18-32(2)24-38(52(45,46)36-21-13-10-14-22-36)26-34(4)40-49-29-42(7,8)30-50-40/h9-22,25-26,37-40H,23-24,27-30H2,1-8H3/b16-15+,31-17+,32-18+,33-25+,34-26+. The van der Waals surface area contributed by atoms with Crippen LogP contribution in [0.3, 0.4) is 0 Å². The Morgan fingerprint density at radius 2 is 0.904 bits per heavy atom. The second-order valence-electron chi connectivity index (χ2n) is 15.7. The van der Waals surface area contributed by atoms with Gasteiger partial charge in [0.1, 0.15) is 0 Å². The monoisotopic (exact) mass is 752 g/mol. The summed E-state index contributed by atoms with van der Waals surface area (Å²) in [6.07, 6.45) is 10.3. The molecule has 0 N–H and O–H groups in total. The van der Waals surface area contributed by atoms with Gasteiger partial charge in [-0.15, -0.1) is 0 Å². The number of rotatable bonds is 14. The number of ether oxygens (including phenoxy) is 4. The van der Waals surface area contributed by atoms with Crippen molar-refractivity contribution in [2.24, 2.45) is 10.8 Å². The highest BCUT2D eigenvalue weighted by Gasteiger charge is 2.33. The SMILES string of the molecule is C\C(=C/C=C/C=C(\C)CC(/C=C(\C)C1OCC(C)(C)CO1)S(=O)(=O)c1ccccc1)CC(/C=C(\C)C1OCC(C)(C)CO1)S(=O)(=O)c1ccccc1. The van der Waals surface area contributed by atoms with E-state index in [4.69, 9.17) is 18.9 Å². The lowest BCUT2D eigenvalue weighted by Gasteiger charge is -2.35. The fourth-order valence-electron chi connectivity index (χ4n) is 5.95. The van der Waals surface area contributed by atoms with Gasteiger partial charge in [0.05, 0.1) is 46.7 Å². The molecule has 2 unspecified atom stereocenters. The van der Waals surface area contributed by atoms with Gasteiger partial charge >= 0.3 is 0 Å². The Hall–Kier alpha value is -3.12. The maximum atomic E-state index is 13.9. The van der Waals surface area contributed by atoms with Gasteiger partial charge in [-0.1, -0.05) is 112 Å². The number of hydrogen-bond donors (Lipinski definition) is 0. The van der Waals surface area contributed by atoms with Gasteiger partial charge < -0.3 is 18.9 Å². The Bertz CT molecular complexity index is 1710. The molecule has 0 radical (unpaired) electrons. The van der Waals surface area contributed by atoms with Gasteiger partial charge in [-0.3, -0.25) is 0 Å². The van der Waals surface area contributed by atoms with E-state index in [0.29, 0.717) is 26.4 Å². The van der Waals surface area contributed by atoms with Gasteiger partial charge in [0.2, 0.25) is 0 Å². The third-order valence-electron chi connectivity index (χ3n) is 9.00. The molecule has 0 saturated carbocycles. The quantitative estimate of drug-likeness (QED) is 0.140. The summed E-state index contributed by atoms with van der Waals surface area (Å²) in [7, 11) is -7.43. The molecule has 2 aliphatic rings. The summed E-state index contributed by atoms with van der Waals surface area (Å²) in [5.41, 5.74) is 2.96. The molecule has 2 aromatic carbocycles. The molecule has 0 aliphatic carbocycles. The molecule has 0 spiro atoms. The van der Waals surface area contributed by atoms with Gasteiger partial charge in [0, 0.05) is 10.8 Å². The topological polar surface area (TPSA) is 105 Å². The first-order chi connectivity index (χ1) is 24.4. The van der Waals surface area contributed by atoms with Crippen molar-refractivity contribution in [3.8, 4) is 0 Å². The van der Waals surface area contributed by atoms with E-state index in [9.17, 15) is 16.8 Å². The normalized spacial score (nSPS) is 21.3. The smallest absolute Gasteiger partial charge is 0.185 e. The molecular formula is C42H56O8S2. The van der Waals surface area contributed by atoms with Crippen molar-refractivity contribution in [3.63, 3.8) is 0 Å². The predicted octanol–water partition coefficient (Wildman–Crippen LogP) is 8.59. The number of hydrogen-bond acceptors (Lipinski definition) is 8. The van der Waals surface area contributed by atoms with Gasteiger partial charge in [-0.25, -0.2) is 16.8 Å². The first kappa shape index (κ1) is 41.6. The maximum Gasteiger partial charge on any atom is 0.185 e. The van der Waals surface area contributed by atoms with E-state index in [0.717, 1.165) is 22.3 Å². The minimum atomic E-state index is -3.72. The predicted molar refractivity (Wildman–Crippen MR) is 207 cm³/mol. The maximum absolute atomic E-state index is 13.9. The van der Waals surface area contributed by atoms with Crippen molar-refractivity contribution in [3.05, 3.63) is 119 Å². The van der Waals surface area contributed by atoms with Crippen LogP contribution in [0.25, 0.3) is 0 Å². The summed E-state index contributed by atoms with van der Waals surface area (Å²) in [4.78, 5) is 0.514. The number of allylic oxidation sites excluding steroid dienone is 6. The van der Waals surface area contributed by atoms with Gasteiger partial charge in [0.15, 0.2) is 32.3 Å². The zero-order valence-corrected chi connectivity index (χ0v) is 33.5. The molecule has 2 fully saturated rings. The van der Waals surface area contributed by atoms with E-state index in [1.807, 2.05) is 52.0 Å². The van der Waals surface area contributed by atoms with E-state index >= 15 is 0 Å².